The van der Waals surface area contributed by atoms with Gasteiger partial charge in [-0.25, -0.2) is 13.1 Å². The van der Waals surface area contributed by atoms with E-state index in [0.717, 1.165) is 22.2 Å². The quantitative estimate of drug-likeness (QED) is 0.666. The molecule has 0 unspecified atom stereocenters. The highest BCUT2D eigenvalue weighted by Crippen LogP contribution is 2.28. The number of nitrogens with one attached hydrogen (secondary N) is 2. The highest BCUT2D eigenvalue weighted by atomic mass is 32.2. The molecule has 0 amide bonds. The zero-order chi connectivity index (χ0) is 18.7. The molecular weight excluding hydrogens is 352 g/mol. The lowest BCUT2D eigenvalue weighted by atomic mass is 10.1. The lowest BCUT2D eigenvalue weighted by molar-refractivity contribution is 0.392. The van der Waals surface area contributed by atoms with Crippen molar-refractivity contribution >= 4 is 20.9 Å². The van der Waals surface area contributed by atoms with E-state index in [9.17, 15) is 8.42 Å². The van der Waals surface area contributed by atoms with E-state index < -0.39 is 10.0 Å². The Morgan fingerprint density at radius 3 is 2.58 bits per heavy atom. The molecule has 138 valence electrons. The van der Waals surface area contributed by atoms with Gasteiger partial charge in [-0.05, 0) is 37.1 Å². The third-order valence-electron chi connectivity index (χ3n) is 4.35. The predicted molar refractivity (Wildman–Crippen MR) is 101 cm³/mol. The molecule has 0 aliphatic heterocycles. The summed E-state index contributed by atoms with van der Waals surface area (Å²) in [6, 6.07) is 12.7. The fourth-order valence-electron chi connectivity index (χ4n) is 3.04. The predicted octanol–water partition coefficient (Wildman–Crippen LogP) is 3.01. The highest BCUT2D eigenvalue weighted by molar-refractivity contribution is 7.89. The molecule has 7 heteroatoms. The molecule has 2 aromatic carbocycles. The van der Waals surface area contributed by atoms with Crippen molar-refractivity contribution in [3.05, 3.63) is 53.7 Å². The van der Waals surface area contributed by atoms with E-state index in [1.54, 1.807) is 12.1 Å². The van der Waals surface area contributed by atoms with Crippen LogP contribution in [0.15, 0.2) is 47.4 Å². The van der Waals surface area contributed by atoms with Gasteiger partial charge in [0.05, 0.1) is 14.2 Å². The smallest absolute Gasteiger partial charge is 0.244 e. The van der Waals surface area contributed by atoms with Crippen molar-refractivity contribution in [2.75, 3.05) is 20.8 Å². The summed E-state index contributed by atoms with van der Waals surface area (Å²) in [5.74, 6) is 0.736. The van der Waals surface area contributed by atoms with Crippen molar-refractivity contribution in [1.29, 1.82) is 0 Å². The minimum absolute atomic E-state index is 0.0648. The van der Waals surface area contributed by atoms with Crippen LogP contribution < -0.4 is 14.2 Å². The maximum Gasteiger partial charge on any atom is 0.244 e. The van der Waals surface area contributed by atoms with Crippen LogP contribution in [0.2, 0.25) is 0 Å². The molecule has 3 aromatic rings. The number of ether oxygens (including phenoxy) is 2. The Hall–Kier alpha value is -2.51. The molecule has 0 saturated heterocycles. The van der Waals surface area contributed by atoms with E-state index in [-0.39, 0.29) is 17.2 Å². The van der Waals surface area contributed by atoms with Gasteiger partial charge in [0.15, 0.2) is 0 Å². The zero-order valence-corrected chi connectivity index (χ0v) is 15.8. The van der Waals surface area contributed by atoms with Gasteiger partial charge in [0.2, 0.25) is 10.0 Å². The first-order valence-electron chi connectivity index (χ1n) is 8.24. The number of para-hydroxylation sites is 1. The number of benzene rings is 2. The number of hydrogen-bond donors (Lipinski definition) is 2. The summed E-state index contributed by atoms with van der Waals surface area (Å²) in [5, 5.41) is 1.11. The van der Waals surface area contributed by atoms with Crippen LogP contribution in [-0.2, 0) is 16.4 Å². The number of fused-ring (bicyclic) bond motifs is 1. The molecule has 0 aliphatic carbocycles. The minimum Gasteiger partial charge on any atom is -0.497 e. The molecule has 6 nitrogen and oxygen atoms in total. The van der Waals surface area contributed by atoms with Gasteiger partial charge in [-0.3, -0.25) is 0 Å². The van der Waals surface area contributed by atoms with Gasteiger partial charge in [-0.15, -0.1) is 0 Å². The minimum atomic E-state index is -3.72. The van der Waals surface area contributed by atoms with E-state index in [1.165, 1.54) is 20.3 Å². The van der Waals surface area contributed by atoms with Gasteiger partial charge in [0.1, 0.15) is 16.4 Å². The number of sulfonamides is 1. The summed E-state index contributed by atoms with van der Waals surface area (Å²) >= 11 is 0. The average molecular weight is 374 g/mol. The second kappa shape index (κ2) is 7.39. The molecule has 0 radical (unpaired) electrons. The number of aromatic nitrogens is 1. The van der Waals surface area contributed by atoms with Crippen molar-refractivity contribution in [3.8, 4) is 11.5 Å². The second-order valence-corrected chi connectivity index (χ2v) is 7.67. The van der Waals surface area contributed by atoms with E-state index in [4.69, 9.17) is 9.47 Å². The third kappa shape index (κ3) is 3.54. The summed E-state index contributed by atoms with van der Waals surface area (Å²) in [7, 11) is -0.788. The van der Waals surface area contributed by atoms with Crippen LogP contribution in [0.1, 0.15) is 11.3 Å². The fourth-order valence-corrected chi connectivity index (χ4v) is 4.25. The lowest BCUT2D eigenvalue weighted by Gasteiger charge is -2.12. The van der Waals surface area contributed by atoms with Crippen molar-refractivity contribution < 1.29 is 17.9 Å². The van der Waals surface area contributed by atoms with Gasteiger partial charge < -0.3 is 14.5 Å². The summed E-state index contributed by atoms with van der Waals surface area (Å²) in [5.41, 5.74) is 3.21. The molecule has 0 bridgehead atoms. The molecule has 1 heterocycles. The molecule has 0 atom stereocenters. The van der Waals surface area contributed by atoms with Crippen molar-refractivity contribution in [3.63, 3.8) is 0 Å². The Bertz CT molecular complexity index is 1030. The maximum absolute atomic E-state index is 12.7. The number of aryl methyl sites for hydroxylation is 1. The molecular formula is C19H22N2O4S. The summed E-state index contributed by atoms with van der Waals surface area (Å²) in [6.07, 6.45) is 0.585. The van der Waals surface area contributed by atoms with E-state index >= 15 is 0 Å². The standard InChI is InChI=1S/C19H22N2O4S/c1-13-15(16-6-4-5-7-17(16)21-13)10-11-20-26(22,23)19-12-14(24-2)8-9-18(19)25-3/h4-9,12,20-21H,10-11H2,1-3H3. The Balaban J connectivity index is 1.80. The maximum atomic E-state index is 12.7. The summed E-state index contributed by atoms with van der Waals surface area (Å²) in [4.78, 5) is 3.39. The highest BCUT2D eigenvalue weighted by Gasteiger charge is 2.20. The lowest BCUT2D eigenvalue weighted by Crippen LogP contribution is -2.26. The third-order valence-corrected chi connectivity index (χ3v) is 5.84. The number of hydrogen-bond acceptors (Lipinski definition) is 4. The van der Waals surface area contributed by atoms with E-state index in [0.29, 0.717) is 12.2 Å². The molecule has 0 saturated carbocycles. The number of methoxy groups -OCH3 is 2. The first-order valence-corrected chi connectivity index (χ1v) is 9.72. The van der Waals surface area contributed by atoms with Crippen LogP contribution in [0.5, 0.6) is 11.5 Å². The second-order valence-electron chi connectivity index (χ2n) is 5.94. The van der Waals surface area contributed by atoms with Crippen molar-refractivity contribution in [1.82, 2.24) is 9.71 Å². The number of H-pyrrole nitrogens is 1. The van der Waals surface area contributed by atoms with E-state index in [1.807, 2.05) is 31.2 Å². The van der Waals surface area contributed by atoms with E-state index in [2.05, 4.69) is 9.71 Å². The van der Waals surface area contributed by atoms with Crippen molar-refractivity contribution in [2.45, 2.75) is 18.2 Å². The SMILES string of the molecule is COc1ccc(OC)c(S(=O)(=O)NCCc2c(C)[nH]c3ccccc23)c1. The van der Waals surface area contributed by atoms with Crippen LogP contribution in [0.25, 0.3) is 10.9 Å². The fraction of sp³-hybridized carbons (Fsp3) is 0.263. The Kier molecular flexibility index (Phi) is 5.20. The first-order chi connectivity index (χ1) is 12.5. The Morgan fingerprint density at radius 1 is 1.08 bits per heavy atom. The largest absolute Gasteiger partial charge is 0.497 e. The van der Waals surface area contributed by atoms with Gasteiger partial charge in [0, 0.05) is 29.2 Å². The monoisotopic (exact) mass is 374 g/mol. The molecule has 1 aromatic heterocycles. The summed E-state index contributed by atoms with van der Waals surface area (Å²) in [6.45, 7) is 2.28. The zero-order valence-electron chi connectivity index (χ0n) is 15.0. The normalized spacial score (nSPS) is 11.7. The first kappa shape index (κ1) is 18.3. The summed E-state index contributed by atoms with van der Waals surface area (Å²) < 4.78 is 38.4. The average Bonchev–Trinajstić information content (AvgIpc) is 2.96. The Labute approximate surface area is 153 Å². The molecule has 3 rings (SSSR count). The van der Waals surface area contributed by atoms with Gasteiger partial charge in [-0.1, -0.05) is 18.2 Å². The van der Waals surface area contributed by atoms with Gasteiger partial charge in [0.25, 0.3) is 0 Å². The van der Waals surface area contributed by atoms with Gasteiger partial charge >= 0.3 is 0 Å². The Morgan fingerprint density at radius 2 is 1.85 bits per heavy atom. The molecule has 2 N–H and O–H groups in total. The molecule has 0 aliphatic rings. The van der Waals surface area contributed by atoms with Crippen LogP contribution in [0, 0.1) is 6.92 Å². The molecule has 0 fully saturated rings. The van der Waals surface area contributed by atoms with Gasteiger partial charge in [-0.2, -0.15) is 0 Å². The number of rotatable bonds is 7. The van der Waals surface area contributed by atoms with Crippen LogP contribution in [-0.4, -0.2) is 34.2 Å². The van der Waals surface area contributed by atoms with Crippen LogP contribution in [0.3, 0.4) is 0 Å². The van der Waals surface area contributed by atoms with Crippen molar-refractivity contribution in [2.24, 2.45) is 0 Å². The number of aromatic amines is 1. The van der Waals surface area contributed by atoms with Crippen LogP contribution >= 0.6 is 0 Å². The molecule has 26 heavy (non-hydrogen) atoms. The molecule has 0 spiro atoms. The van der Waals surface area contributed by atoms with Crippen LogP contribution in [0.4, 0.5) is 0 Å². The topological polar surface area (TPSA) is 80.4 Å².